The minimum absolute atomic E-state index is 0.382. The lowest BCUT2D eigenvalue weighted by Crippen LogP contribution is -1.75. The van der Waals surface area contributed by atoms with E-state index in [2.05, 4.69) is 28.5 Å². The molecule has 0 fully saturated rings. The molecule has 1 unspecified atom stereocenters. The lowest BCUT2D eigenvalue weighted by Gasteiger charge is -1.77. The fourth-order valence-corrected chi connectivity index (χ4v) is 0. The minimum Gasteiger partial charge on any atom is -0.119 e. The molecule has 0 N–H and O–H groups in total. The van der Waals surface area contributed by atoms with E-state index in [0.717, 1.165) is 0 Å². The van der Waals surface area contributed by atoms with E-state index in [1.54, 1.807) is 0 Å². The van der Waals surface area contributed by atoms with Crippen LogP contribution in [0, 0.1) is 12.3 Å². The van der Waals surface area contributed by atoms with Crippen molar-refractivity contribution in [3.63, 3.8) is 0 Å². The van der Waals surface area contributed by atoms with Crippen LogP contribution in [0.4, 0.5) is 0 Å². The Morgan fingerprint density at radius 3 is 2.20 bits per heavy atom. The first-order valence-electron chi connectivity index (χ1n) is 1.37. The highest BCUT2D eigenvalue weighted by molar-refractivity contribution is 14.1. The van der Waals surface area contributed by atoms with Crippen LogP contribution in [0.5, 0.6) is 0 Å². The average Bonchev–Trinajstić information content (AvgIpc) is 1.38. The molecule has 0 aliphatic rings. The zero-order valence-electron chi connectivity index (χ0n) is 3.03. The van der Waals surface area contributed by atoms with E-state index >= 15 is 0 Å². The molecule has 0 aromatic rings. The Kier molecular flexibility index (Phi) is 2.67. The van der Waals surface area contributed by atoms with Crippen molar-refractivity contribution < 1.29 is 0 Å². The van der Waals surface area contributed by atoms with E-state index in [1.807, 2.05) is 6.92 Å². The van der Waals surface area contributed by atoms with Crippen LogP contribution in [0.25, 0.3) is 0 Å². The van der Waals surface area contributed by atoms with Gasteiger partial charge < -0.3 is 0 Å². The average molecular weight is 180 g/mol. The maximum absolute atomic E-state index is 4.91. The summed E-state index contributed by atoms with van der Waals surface area (Å²) < 4.78 is 0.382. The molecule has 0 aliphatic heterocycles. The van der Waals surface area contributed by atoms with Gasteiger partial charge in [-0.25, -0.2) is 0 Å². The molecule has 0 aromatic heterocycles. The van der Waals surface area contributed by atoms with Crippen LogP contribution in [-0.4, -0.2) is 3.92 Å². The van der Waals surface area contributed by atoms with Crippen LogP contribution in [0.2, 0.25) is 0 Å². The van der Waals surface area contributed by atoms with Crippen molar-refractivity contribution >= 4 is 22.6 Å². The Labute approximate surface area is 46.1 Å². The van der Waals surface area contributed by atoms with Gasteiger partial charge in [-0.05, 0) is 6.92 Å². The van der Waals surface area contributed by atoms with Crippen LogP contribution in [-0.2, 0) is 0 Å². The molecule has 0 radical (unpaired) electrons. The second-order valence-corrected chi connectivity index (χ2v) is 2.65. The van der Waals surface area contributed by atoms with E-state index in [0.29, 0.717) is 3.92 Å². The fourth-order valence-electron chi connectivity index (χ4n) is 0. The summed E-state index contributed by atoms with van der Waals surface area (Å²) in [5.74, 6) is 2.51. The van der Waals surface area contributed by atoms with Gasteiger partial charge >= 0.3 is 0 Å². The van der Waals surface area contributed by atoms with Crippen molar-refractivity contribution in [1.29, 1.82) is 0 Å². The molecule has 0 rings (SSSR count). The van der Waals surface area contributed by atoms with Crippen LogP contribution in [0.3, 0.4) is 0 Å². The third-order valence-electron chi connectivity index (χ3n) is 0.230. The van der Waals surface area contributed by atoms with Gasteiger partial charge in [0.25, 0.3) is 0 Å². The molecule has 0 nitrogen and oxygen atoms in total. The second kappa shape index (κ2) is 2.52. The largest absolute Gasteiger partial charge is 0.119 e. The number of halogens is 1. The lowest BCUT2D eigenvalue weighted by atomic mass is 10.5. The first kappa shape index (κ1) is 5.29. The number of alkyl halides is 1. The molecule has 0 amide bonds. The first-order valence-corrected chi connectivity index (χ1v) is 2.62. The van der Waals surface area contributed by atoms with Gasteiger partial charge in [-0.2, -0.15) is 0 Å². The first-order chi connectivity index (χ1) is 2.27. The molecular weight excluding hydrogens is 175 g/mol. The molecule has 28 valence electrons. The Hall–Kier alpha value is 0.290. The Bertz CT molecular complexity index is 49.2. The summed E-state index contributed by atoms with van der Waals surface area (Å²) in [6.45, 7) is 1.97. The van der Waals surface area contributed by atoms with Gasteiger partial charge in [0, 0.05) is 0 Å². The summed E-state index contributed by atoms with van der Waals surface area (Å²) in [5.41, 5.74) is 0. The summed E-state index contributed by atoms with van der Waals surface area (Å²) in [6, 6.07) is 0. The quantitative estimate of drug-likeness (QED) is 0.300. The van der Waals surface area contributed by atoms with Crippen molar-refractivity contribution in [2.24, 2.45) is 0 Å². The van der Waals surface area contributed by atoms with Crippen molar-refractivity contribution in [3.8, 4) is 12.3 Å². The third-order valence-corrected chi connectivity index (χ3v) is 0.589. The van der Waals surface area contributed by atoms with E-state index in [9.17, 15) is 0 Å². The van der Waals surface area contributed by atoms with Gasteiger partial charge in [0.1, 0.15) is 0 Å². The third kappa shape index (κ3) is 4.29. The minimum atomic E-state index is 0.382. The monoisotopic (exact) mass is 180 g/mol. The van der Waals surface area contributed by atoms with Crippen molar-refractivity contribution in [3.05, 3.63) is 0 Å². The van der Waals surface area contributed by atoms with Crippen LogP contribution >= 0.6 is 22.6 Å². The van der Waals surface area contributed by atoms with Crippen molar-refractivity contribution in [2.75, 3.05) is 0 Å². The molecule has 0 aliphatic carbocycles. The highest BCUT2D eigenvalue weighted by atomic mass is 127. The maximum atomic E-state index is 4.91. The van der Waals surface area contributed by atoms with Crippen LogP contribution in [0.1, 0.15) is 6.92 Å². The molecule has 0 aromatic carbocycles. The highest BCUT2D eigenvalue weighted by Gasteiger charge is 1.77. The van der Waals surface area contributed by atoms with Crippen LogP contribution < -0.4 is 0 Å². The summed E-state index contributed by atoms with van der Waals surface area (Å²) in [5, 5.41) is 0. The molecule has 5 heavy (non-hydrogen) atoms. The Morgan fingerprint density at radius 2 is 2.20 bits per heavy atom. The van der Waals surface area contributed by atoms with Gasteiger partial charge in [0.2, 0.25) is 0 Å². The molecule has 0 spiro atoms. The molecule has 0 heterocycles. The van der Waals surface area contributed by atoms with Gasteiger partial charge in [0.15, 0.2) is 0 Å². The fraction of sp³-hybridized carbons (Fsp3) is 0.500. The zero-order chi connectivity index (χ0) is 4.28. The van der Waals surface area contributed by atoms with Crippen molar-refractivity contribution in [2.45, 2.75) is 10.8 Å². The molecule has 0 bridgehead atoms. The van der Waals surface area contributed by atoms with E-state index in [4.69, 9.17) is 6.42 Å². The normalized spacial score (nSPS) is 13.0. The molecule has 0 saturated carbocycles. The summed E-state index contributed by atoms with van der Waals surface area (Å²) in [6.07, 6.45) is 4.91. The number of hydrogen-bond acceptors (Lipinski definition) is 0. The molecule has 1 heteroatoms. The zero-order valence-corrected chi connectivity index (χ0v) is 5.19. The Balaban J connectivity index is 2.94. The summed E-state index contributed by atoms with van der Waals surface area (Å²) in [7, 11) is 0. The molecular formula is C4H5I. The van der Waals surface area contributed by atoms with Gasteiger partial charge in [-0.1, -0.05) is 28.5 Å². The number of terminal acetylenes is 1. The van der Waals surface area contributed by atoms with Gasteiger partial charge in [-0.3, -0.25) is 0 Å². The van der Waals surface area contributed by atoms with E-state index < -0.39 is 0 Å². The topological polar surface area (TPSA) is 0 Å². The highest BCUT2D eigenvalue weighted by Crippen LogP contribution is 1.91. The molecule has 0 saturated heterocycles. The van der Waals surface area contributed by atoms with Crippen LogP contribution in [0.15, 0.2) is 0 Å². The van der Waals surface area contributed by atoms with Crippen molar-refractivity contribution in [1.82, 2.24) is 0 Å². The predicted molar refractivity (Wildman–Crippen MR) is 32.3 cm³/mol. The predicted octanol–water partition coefficient (Wildman–Crippen LogP) is 1.44. The maximum Gasteiger partial charge on any atom is 0.0688 e. The lowest BCUT2D eigenvalue weighted by molar-refractivity contribution is 1.36. The summed E-state index contributed by atoms with van der Waals surface area (Å²) in [4.78, 5) is 0. The second-order valence-electron chi connectivity index (χ2n) is 0.783. The Morgan fingerprint density at radius 1 is 2.00 bits per heavy atom. The van der Waals surface area contributed by atoms with E-state index in [-0.39, 0.29) is 0 Å². The molecule has 1 atom stereocenters. The van der Waals surface area contributed by atoms with E-state index in [1.165, 1.54) is 0 Å². The SMILES string of the molecule is C#CC(C)I. The standard InChI is InChI=1S/C4H5I/c1-3-4(2)5/h1,4H,2H3. The van der Waals surface area contributed by atoms with Gasteiger partial charge in [-0.15, -0.1) is 6.42 Å². The summed E-state index contributed by atoms with van der Waals surface area (Å²) >= 11 is 2.17. The van der Waals surface area contributed by atoms with Gasteiger partial charge in [0.05, 0.1) is 3.92 Å². The number of hydrogen-bond donors (Lipinski definition) is 0. The smallest absolute Gasteiger partial charge is 0.0688 e. The number of rotatable bonds is 0.